The summed E-state index contributed by atoms with van der Waals surface area (Å²) in [6.07, 6.45) is 1.72. The Labute approximate surface area is 198 Å². The first-order valence-electron chi connectivity index (χ1n) is 11.1. The SMILES string of the molecule is CN(c1nc2ccccc2n1Cc1ccc(Br)cc1)[C@H]1CCCN(C(=O)OC(C)(C)C)C1. The molecule has 2 heterocycles. The number of likely N-dealkylation sites (N-methyl/N-ethyl adjacent to an activating group) is 1. The number of fused-ring (bicyclic) bond motifs is 1. The Bertz CT molecular complexity index is 1090. The van der Waals surface area contributed by atoms with Gasteiger partial charge in [0.25, 0.3) is 0 Å². The minimum absolute atomic E-state index is 0.178. The van der Waals surface area contributed by atoms with Crippen LogP contribution in [0.15, 0.2) is 53.0 Å². The van der Waals surface area contributed by atoms with E-state index in [0.29, 0.717) is 6.54 Å². The molecule has 1 fully saturated rings. The van der Waals surface area contributed by atoms with Crippen molar-refractivity contribution in [3.8, 4) is 0 Å². The van der Waals surface area contributed by atoms with Gasteiger partial charge in [-0.3, -0.25) is 0 Å². The molecule has 0 radical (unpaired) electrons. The van der Waals surface area contributed by atoms with Crippen molar-refractivity contribution in [2.24, 2.45) is 0 Å². The van der Waals surface area contributed by atoms with Gasteiger partial charge >= 0.3 is 6.09 Å². The van der Waals surface area contributed by atoms with Crippen molar-refractivity contribution in [1.82, 2.24) is 14.5 Å². The van der Waals surface area contributed by atoms with Crippen LogP contribution in [0.3, 0.4) is 0 Å². The van der Waals surface area contributed by atoms with Crippen LogP contribution in [-0.2, 0) is 11.3 Å². The molecule has 2 aromatic carbocycles. The van der Waals surface area contributed by atoms with Gasteiger partial charge in [0, 0.05) is 30.7 Å². The van der Waals surface area contributed by atoms with Crippen LogP contribution in [0, 0.1) is 0 Å². The zero-order valence-electron chi connectivity index (χ0n) is 19.2. The second kappa shape index (κ2) is 9.14. The average Bonchev–Trinajstić information content (AvgIpc) is 3.12. The zero-order chi connectivity index (χ0) is 22.9. The van der Waals surface area contributed by atoms with Crippen LogP contribution < -0.4 is 4.90 Å². The molecule has 3 aromatic rings. The molecule has 0 bridgehead atoms. The highest BCUT2D eigenvalue weighted by Crippen LogP contribution is 2.28. The van der Waals surface area contributed by atoms with Crippen LogP contribution in [0.4, 0.5) is 10.7 Å². The van der Waals surface area contributed by atoms with Crippen LogP contribution in [0.1, 0.15) is 39.2 Å². The highest BCUT2D eigenvalue weighted by Gasteiger charge is 2.31. The predicted octanol–water partition coefficient (Wildman–Crippen LogP) is 5.68. The van der Waals surface area contributed by atoms with E-state index in [0.717, 1.165) is 47.4 Å². The molecule has 1 aliphatic rings. The van der Waals surface area contributed by atoms with Gasteiger partial charge in [0.15, 0.2) is 0 Å². The second-order valence-corrected chi connectivity index (χ2v) is 10.4. The lowest BCUT2D eigenvalue weighted by molar-refractivity contribution is 0.0199. The van der Waals surface area contributed by atoms with Crippen molar-refractivity contribution in [3.05, 3.63) is 58.6 Å². The van der Waals surface area contributed by atoms with Gasteiger partial charge < -0.3 is 19.1 Å². The van der Waals surface area contributed by atoms with E-state index in [-0.39, 0.29) is 12.1 Å². The Morgan fingerprint density at radius 2 is 1.91 bits per heavy atom. The Morgan fingerprint density at radius 1 is 1.19 bits per heavy atom. The quantitative estimate of drug-likeness (QED) is 0.463. The van der Waals surface area contributed by atoms with E-state index < -0.39 is 5.60 Å². The molecule has 1 aliphatic heterocycles. The van der Waals surface area contributed by atoms with Gasteiger partial charge in [-0.25, -0.2) is 9.78 Å². The maximum absolute atomic E-state index is 12.7. The van der Waals surface area contributed by atoms with Gasteiger partial charge in [-0.1, -0.05) is 40.2 Å². The number of hydrogen-bond acceptors (Lipinski definition) is 4. The number of rotatable bonds is 4. The van der Waals surface area contributed by atoms with E-state index in [1.807, 2.05) is 31.7 Å². The smallest absolute Gasteiger partial charge is 0.410 e. The van der Waals surface area contributed by atoms with Gasteiger partial charge in [-0.2, -0.15) is 0 Å². The van der Waals surface area contributed by atoms with Crippen LogP contribution in [0.2, 0.25) is 0 Å². The van der Waals surface area contributed by atoms with Crippen molar-refractivity contribution in [1.29, 1.82) is 0 Å². The molecule has 0 N–H and O–H groups in total. The topological polar surface area (TPSA) is 50.6 Å². The minimum Gasteiger partial charge on any atom is -0.444 e. The van der Waals surface area contributed by atoms with E-state index in [9.17, 15) is 4.79 Å². The summed E-state index contributed by atoms with van der Waals surface area (Å²) in [7, 11) is 2.09. The molecule has 170 valence electrons. The molecule has 1 saturated heterocycles. The van der Waals surface area contributed by atoms with E-state index >= 15 is 0 Å². The highest BCUT2D eigenvalue weighted by atomic mass is 79.9. The number of piperidine rings is 1. The summed E-state index contributed by atoms with van der Waals surface area (Å²) in [5.41, 5.74) is 2.81. The van der Waals surface area contributed by atoms with Crippen molar-refractivity contribution in [3.63, 3.8) is 0 Å². The maximum atomic E-state index is 12.7. The molecule has 0 saturated carbocycles. The monoisotopic (exact) mass is 498 g/mol. The third-order valence-electron chi connectivity index (χ3n) is 5.80. The molecule has 7 heteroatoms. The zero-order valence-corrected chi connectivity index (χ0v) is 20.8. The number of para-hydroxylation sites is 2. The summed E-state index contributed by atoms with van der Waals surface area (Å²) in [6.45, 7) is 7.81. The molecule has 1 atom stereocenters. The van der Waals surface area contributed by atoms with Crippen molar-refractivity contribution in [2.75, 3.05) is 25.0 Å². The summed E-state index contributed by atoms with van der Waals surface area (Å²) < 4.78 is 8.95. The van der Waals surface area contributed by atoms with Crippen molar-refractivity contribution < 1.29 is 9.53 Å². The first-order valence-corrected chi connectivity index (χ1v) is 11.9. The van der Waals surface area contributed by atoms with Gasteiger partial charge in [0.2, 0.25) is 5.95 Å². The highest BCUT2D eigenvalue weighted by molar-refractivity contribution is 9.10. The third kappa shape index (κ3) is 5.09. The molecular weight excluding hydrogens is 468 g/mol. The molecule has 4 rings (SSSR count). The maximum Gasteiger partial charge on any atom is 0.410 e. The number of likely N-dealkylation sites (tertiary alicyclic amines) is 1. The van der Waals surface area contributed by atoms with E-state index in [2.05, 4.69) is 74.9 Å². The largest absolute Gasteiger partial charge is 0.444 e. The summed E-state index contributed by atoms with van der Waals surface area (Å²) in [5, 5.41) is 0. The van der Waals surface area contributed by atoms with E-state index in [1.165, 1.54) is 5.56 Å². The Hall–Kier alpha value is -2.54. The molecule has 6 nitrogen and oxygen atoms in total. The average molecular weight is 499 g/mol. The Kier molecular flexibility index (Phi) is 6.47. The number of ether oxygens (including phenoxy) is 1. The van der Waals surface area contributed by atoms with Crippen molar-refractivity contribution >= 4 is 39.0 Å². The molecule has 0 spiro atoms. The number of carbonyl (C=O) groups is 1. The fourth-order valence-electron chi connectivity index (χ4n) is 4.19. The number of nitrogens with zero attached hydrogens (tertiary/aromatic N) is 4. The molecule has 0 unspecified atom stereocenters. The van der Waals surface area contributed by atoms with Gasteiger partial charge in [0.05, 0.1) is 17.6 Å². The molecule has 1 amide bonds. The lowest BCUT2D eigenvalue weighted by atomic mass is 10.1. The summed E-state index contributed by atoms with van der Waals surface area (Å²) in [4.78, 5) is 21.7. The second-order valence-electron chi connectivity index (χ2n) is 9.45. The van der Waals surface area contributed by atoms with E-state index in [1.54, 1.807) is 0 Å². The number of imidazole rings is 1. The number of benzene rings is 2. The van der Waals surface area contributed by atoms with Crippen LogP contribution in [-0.4, -0.2) is 52.3 Å². The van der Waals surface area contributed by atoms with Gasteiger partial charge in [0.1, 0.15) is 5.60 Å². The standard InChI is InChI=1S/C25H31BrN4O2/c1-25(2,3)32-24(31)29-15-7-8-20(17-29)28(4)23-27-21-9-5-6-10-22(21)30(23)16-18-11-13-19(26)14-12-18/h5-6,9-14,20H,7-8,15-17H2,1-4H3/t20-/m0/s1. The predicted molar refractivity (Wildman–Crippen MR) is 132 cm³/mol. The number of halogens is 1. The molecule has 32 heavy (non-hydrogen) atoms. The van der Waals surface area contributed by atoms with Crippen LogP contribution in [0.25, 0.3) is 11.0 Å². The van der Waals surface area contributed by atoms with Gasteiger partial charge in [-0.05, 0) is 63.4 Å². The van der Waals surface area contributed by atoms with E-state index in [4.69, 9.17) is 9.72 Å². The number of hydrogen-bond donors (Lipinski definition) is 0. The van der Waals surface area contributed by atoms with Crippen molar-refractivity contribution in [2.45, 2.75) is 51.8 Å². The minimum atomic E-state index is -0.491. The number of amides is 1. The number of carbonyl (C=O) groups excluding carboxylic acids is 1. The fourth-order valence-corrected chi connectivity index (χ4v) is 4.45. The summed E-state index contributed by atoms with van der Waals surface area (Å²) >= 11 is 3.52. The van der Waals surface area contributed by atoms with Crippen LogP contribution >= 0.6 is 15.9 Å². The fraction of sp³-hybridized carbons (Fsp3) is 0.440. The Morgan fingerprint density at radius 3 is 2.62 bits per heavy atom. The molecule has 1 aromatic heterocycles. The number of aromatic nitrogens is 2. The number of anilines is 1. The molecular formula is C25H31BrN4O2. The molecule has 0 aliphatic carbocycles. The first-order chi connectivity index (χ1) is 15.2. The third-order valence-corrected chi connectivity index (χ3v) is 6.33. The van der Waals surface area contributed by atoms with Crippen LogP contribution in [0.5, 0.6) is 0 Å². The van der Waals surface area contributed by atoms with Gasteiger partial charge in [-0.15, -0.1) is 0 Å². The Balaban J connectivity index is 1.61. The summed E-state index contributed by atoms with van der Waals surface area (Å²) in [6, 6.07) is 16.8. The lowest BCUT2D eigenvalue weighted by Gasteiger charge is -2.38. The lowest BCUT2D eigenvalue weighted by Crippen LogP contribution is -2.50. The first kappa shape index (κ1) is 22.6. The summed E-state index contributed by atoms with van der Waals surface area (Å²) in [5.74, 6) is 0.921. The normalized spacial score (nSPS) is 16.9.